The molecule has 1 aromatic heterocycles. The molecule has 1 saturated heterocycles. The van der Waals surface area contributed by atoms with Gasteiger partial charge in [0.05, 0.1) is 4.90 Å². The van der Waals surface area contributed by atoms with Crippen LogP contribution in [0, 0.1) is 0 Å². The molecule has 0 radical (unpaired) electrons. The van der Waals surface area contributed by atoms with Crippen LogP contribution < -0.4 is 5.32 Å². The predicted molar refractivity (Wildman–Crippen MR) is 108 cm³/mol. The molecule has 1 N–H and O–H groups in total. The normalized spacial score (nSPS) is 15.5. The third kappa shape index (κ3) is 4.80. The van der Waals surface area contributed by atoms with E-state index in [1.165, 1.54) is 0 Å². The summed E-state index contributed by atoms with van der Waals surface area (Å²) in [6, 6.07) is 6.70. The van der Waals surface area contributed by atoms with Gasteiger partial charge in [-0.25, -0.2) is 13.4 Å². The molecule has 1 aliphatic rings. The number of carbonyl (C=O) groups is 1. The van der Waals surface area contributed by atoms with Gasteiger partial charge in [-0.05, 0) is 43.5 Å². The molecule has 2 aromatic rings. The first kappa shape index (κ1) is 20.5. The van der Waals surface area contributed by atoms with Crippen molar-refractivity contribution in [3.05, 3.63) is 42.5 Å². The van der Waals surface area contributed by atoms with Crippen LogP contribution in [0.5, 0.6) is 0 Å². The Kier molecular flexibility index (Phi) is 6.85. The molecule has 0 spiro atoms. The highest BCUT2D eigenvalue weighted by Crippen LogP contribution is 2.21. The van der Waals surface area contributed by atoms with Gasteiger partial charge in [-0.2, -0.15) is 4.31 Å². The van der Waals surface area contributed by atoms with E-state index in [9.17, 15) is 13.2 Å². The number of unbranched alkanes of at least 4 members (excludes halogenated alkanes) is 2. The van der Waals surface area contributed by atoms with Gasteiger partial charge in [0.15, 0.2) is 0 Å². The second-order valence-electron chi connectivity index (χ2n) is 7.09. The van der Waals surface area contributed by atoms with Crippen LogP contribution in [-0.2, 0) is 10.0 Å². The maximum atomic E-state index is 12.7. The molecular weight excluding hydrogens is 376 g/mol. The number of carbonyl (C=O) groups excluding carboxylic acids is 1. The number of imidazole rings is 1. The Labute approximate surface area is 166 Å². The maximum absolute atomic E-state index is 12.7. The molecule has 1 aliphatic heterocycles. The fraction of sp³-hybridized carbons (Fsp3) is 0.500. The highest BCUT2D eigenvalue weighted by molar-refractivity contribution is 7.89. The quantitative estimate of drug-likeness (QED) is 0.686. The minimum Gasteiger partial charge on any atom is -0.351 e. The number of hydrogen-bond donors (Lipinski definition) is 1. The molecule has 0 unspecified atom stereocenters. The Morgan fingerprint density at radius 1 is 1.11 bits per heavy atom. The molecule has 0 aliphatic carbocycles. The molecule has 0 atom stereocenters. The first-order valence-corrected chi connectivity index (χ1v) is 11.4. The number of sulfonamides is 1. The summed E-state index contributed by atoms with van der Waals surface area (Å²) in [6.07, 6.45) is 9.27. The van der Waals surface area contributed by atoms with E-state index in [2.05, 4.69) is 17.2 Å². The zero-order valence-corrected chi connectivity index (χ0v) is 17.1. The van der Waals surface area contributed by atoms with Crippen molar-refractivity contribution in [1.29, 1.82) is 0 Å². The number of amides is 1. The molecule has 1 amide bonds. The minimum atomic E-state index is -3.44. The maximum Gasteiger partial charge on any atom is 0.271 e. The van der Waals surface area contributed by atoms with Crippen LogP contribution in [0.4, 0.5) is 0 Å². The van der Waals surface area contributed by atoms with Crippen LogP contribution in [-0.4, -0.2) is 47.8 Å². The number of nitrogens with one attached hydrogen (secondary N) is 1. The average Bonchev–Trinajstić information content (AvgIpc) is 3.22. The molecule has 2 heterocycles. The van der Waals surface area contributed by atoms with Crippen molar-refractivity contribution in [2.24, 2.45) is 0 Å². The lowest BCUT2D eigenvalue weighted by atomic mass is 10.2. The van der Waals surface area contributed by atoms with Crippen LogP contribution >= 0.6 is 0 Å². The van der Waals surface area contributed by atoms with E-state index in [0.29, 0.717) is 30.2 Å². The Hall–Kier alpha value is -2.19. The minimum absolute atomic E-state index is 0.195. The number of nitrogens with zero attached hydrogens (tertiary/aromatic N) is 3. The molecular formula is C20H28N4O3S. The summed E-state index contributed by atoms with van der Waals surface area (Å²) in [5.74, 6) is -0.195. The van der Waals surface area contributed by atoms with Gasteiger partial charge in [0, 0.05) is 31.5 Å². The fourth-order valence-corrected chi connectivity index (χ4v) is 4.81. The van der Waals surface area contributed by atoms with Crippen molar-refractivity contribution in [3.63, 3.8) is 0 Å². The van der Waals surface area contributed by atoms with Gasteiger partial charge in [-0.15, -0.1) is 0 Å². The van der Waals surface area contributed by atoms with Crippen LogP contribution in [0.25, 0.3) is 5.69 Å². The summed E-state index contributed by atoms with van der Waals surface area (Å²) in [6.45, 7) is 3.93. The summed E-state index contributed by atoms with van der Waals surface area (Å²) in [5.41, 5.74) is 1.11. The van der Waals surface area contributed by atoms with Crippen molar-refractivity contribution in [2.75, 3.05) is 19.6 Å². The zero-order valence-electron chi connectivity index (χ0n) is 16.3. The van der Waals surface area contributed by atoms with Gasteiger partial charge >= 0.3 is 0 Å². The standard InChI is InChI=1S/C20H28N4O3S/c1-2-3-5-12-21-20(25)19-15-23(16-22-19)17-8-10-18(11-9-17)28(26,27)24-13-6-4-7-14-24/h8-11,15-16H,2-7,12-14H2,1H3,(H,21,25). The molecule has 1 aromatic carbocycles. The van der Waals surface area contributed by atoms with Gasteiger partial charge in [-0.3, -0.25) is 4.79 Å². The van der Waals surface area contributed by atoms with E-state index >= 15 is 0 Å². The zero-order chi connectivity index (χ0) is 20.0. The predicted octanol–water partition coefficient (Wildman–Crippen LogP) is 2.97. The molecule has 1 fully saturated rings. The van der Waals surface area contributed by atoms with E-state index in [1.807, 2.05) is 0 Å². The number of piperidine rings is 1. The van der Waals surface area contributed by atoms with Crippen LogP contribution in [0.2, 0.25) is 0 Å². The summed E-state index contributed by atoms with van der Waals surface area (Å²) in [4.78, 5) is 16.6. The lowest BCUT2D eigenvalue weighted by molar-refractivity contribution is 0.0948. The lowest BCUT2D eigenvalue weighted by Crippen LogP contribution is -2.35. The van der Waals surface area contributed by atoms with Crippen molar-refractivity contribution < 1.29 is 13.2 Å². The van der Waals surface area contributed by atoms with E-state index in [-0.39, 0.29) is 5.91 Å². The van der Waals surface area contributed by atoms with Crippen molar-refractivity contribution in [1.82, 2.24) is 19.2 Å². The number of benzene rings is 1. The topological polar surface area (TPSA) is 84.3 Å². The van der Waals surface area contributed by atoms with Crippen molar-refractivity contribution in [2.45, 2.75) is 50.3 Å². The van der Waals surface area contributed by atoms with E-state index in [1.54, 1.807) is 45.7 Å². The highest BCUT2D eigenvalue weighted by Gasteiger charge is 2.25. The Bertz CT molecular complexity index is 884. The Morgan fingerprint density at radius 3 is 2.50 bits per heavy atom. The molecule has 0 saturated carbocycles. The second kappa shape index (κ2) is 9.34. The van der Waals surface area contributed by atoms with E-state index in [4.69, 9.17) is 0 Å². The van der Waals surface area contributed by atoms with Crippen LogP contribution in [0.3, 0.4) is 0 Å². The summed E-state index contributed by atoms with van der Waals surface area (Å²) < 4.78 is 28.7. The molecule has 8 heteroatoms. The molecule has 152 valence electrons. The molecule has 7 nitrogen and oxygen atoms in total. The van der Waals surface area contributed by atoms with Gasteiger partial charge < -0.3 is 9.88 Å². The van der Waals surface area contributed by atoms with E-state index < -0.39 is 10.0 Å². The highest BCUT2D eigenvalue weighted by atomic mass is 32.2. The Morgan fingerprint density at radius 2 is 1.82 bits per heavy atom. The second-order valence-corrected chi connectivity index (χ2v) is 9.03. The number of hydrogen-bond acceptors (Lipinski definition) is 4. The lowest BCUT2D eigenvalue weighted by Gasteiger charge is -2.25. The third-order valence-electron chi connectivity index (χ3n) is 4.97. The SMILES string of the molecule is CCCCCNC(=O)c1cn(-c2ccc(S(=O)(=O)N3CCCCC3)cc2)cn1. The monoisotopic (exact) mass is 404 g/mol. The van der Waals surface area contributed by atoms with Gasteiger partial charge in [0.2, 0.25) is 10.0 Å². The smallest absolute Gasteiger partial charge is 0.271 e. The van der Waals surface area contributed by atoms with Gasteiger partial charge in [-0.1, -0.05) is 26.2 Å². The Balaban J connectivity index is 1.67. The summed E-state index contributed by atoms with van der Waals surface area (Å²) in [5, 5.41) is 2.86. The molecule has 0 bridgehead atoms. The fourth-order valence-electron chi connectivity index (χ4n) is 3.29. The summed E-state index contributed by atoms with van der Waals surface area (Å²) in [7, 11) is -3.44. The van der Waals surface area contributed by atoms with Gasteiger partial charge in [0.25, 0.3) is 5.91 Å². The first-order chi connectivity index (χ1) is 13.5. The van der Waals surface area contributed by atoms with Crippen molar-refractivity contribution in [3.8, 4) is 5.69 Å². The van der Waals surface area contributed by atoms with E-state index in [0.717, 1.165) is 44.2 Å². The summed E-state index contributed by atoms with van der Waals surface area (Å²) >= 11 is 0. The van der Waals surface area contributed by atoms with Crippen LogP contribution in [0.15, 0.2) is 41.7 Å². The molecule has 3 rings (SSSR count). The van der Waals surface area contributed by atoms with Crippen LogP contribution in [0.1, 0.15) is 55.9 Å². The average molecular weight is 405 g/mol. The van der Waals surface area contributed by atoms with Gasteiger partial charge in [0.1, 0.15) is 12.0 Å². The number of aromatic nitrogens is 2. The first-order valence-electron chi connectivity index (χ1n) is 9.95. The number of rotatable bonds is 8. The van der Waals surface area contributed by atoms with Crippen molar-refractivity contribution >= 4 is 15.9 Å². The third-order valence-corrected chi connectivity index (χ3v) is 6.88. The largest absolute Gasteiger partial charge is 0.351 e. The molecule has 28 heavy (non-hydrogen) atoms.